The van der Waals surface area contributed by atoms with Crippen LogP contribution in [0.5, 0.6) is 0 Å². The smallest absolute Gasteiger partial charge is 0.135 e. The maximum absolute atomic E-state index is 6.09. The highest BCUT2D eigenvalue weighted by Gasteiger charge is 2.16. The Balaban J connectivity index is 0.982. The number of para-hydroxylation sites is 3. The number of hydrogen-bond donors (Lipinski definition) is 0. The van der Waals surface area contributed by atoms with Crippen molar-refractivity contribution in [3.05, 3.63) is 212 Å². The summed E-state index contributed by atoms with van der Waals surface area (Å²) in [6, 6.07) is 65.3. The van der Waals surface area contributed by atoms with Crippen LogP contribution < -0.4 is 0 Å². The monoisotopic (exact) mass is 742 g/mol. The first-order chi connectivity index (χ1) is 28.6. The number of fused-ring (bicyclic) bond motifs is 9. The first-order valence-electron chi connectivity index (χ1n) is 19.8. The van der Waals surface area contributed by atoms with Crippen molar-refractivity contribution >= 4 is 76.8 Å². The van der Waals surface area contributed by atoms with E-state index in [0.29, 0.717) is 0 Å². The molecule has 0 saturated heterocycles. The van der Waals surface area contributed by atoms with Gasteiger partial charge in [-0.2, -0.15) is 0 Å². The Kier molecular flexibility index (Phi) is 7.87. The summed E-state index contributed by atoms with van der Waals surface area (Å²) < 4.78 is 10.9. The van der Waals surface area contributed by atoms with Gasteiger partial charge in [0.15, 0.2) is 0 Å². The molecule has 0 fully saturated rings. The van der Waals surface area contributed by atoms with E-state index in [9.17, 15) is 0 Å². The fourth-order valence-corrected chi connectivity index (χ4v) is 8.87. The maximum atomic E-state index is 6.09. The molecule has 0 atom stereocenters. The summed E-state index contributed by atoms with van der Waals surface area (Å²) in [5.41, 5.74) is 15.8. The van der Waals surface area contributed by atoms with E-state index in [-0.39, 0.29) is 0 Å². The van der Waals surface area contributed by atoms with Crippen LogP contribution >= 0.6 is 0 Å². The van der Waals surface area contributed by atoms with Crippen LogP contribution in [-0.4, -0.2) is 9.13 Å². The van der Waals surface area contributed by atoms with Gasteiger partial charge in [-0.15, -0.1) is 0 Å². The number of allylic oxidation sites excluding steroid dienone is 5. The maximum Gasteiger partial charge on any atom is 0.135 e. The molecule has 3 heterocycles. The van der Waals surface area contributed by atoms with Crippen LogP contribution in [0.4, 0.5) is 0 Å². The Morgan fingerprint density at radius 3 is 1.76 bits per heavy atom. The zero-order chi connectivity index (χ0) is 38.7. The molecule has 0 spiro atoms. The fourth-order valence-electron chi connectivity index (χ4n) is 8.87. The van der Waals surface area contributed by atoms with E-state index in [1.807, 2.05) is 18.2 Å². The van der Waals surface area contributed by atoms with E-state index in [2.05, 4.69) is 205 Å². The van der Waals surface area contributed by atoms with Crippen LogP contribution in [0, 0.1) is 0 Å². The summed E-state index contributed by atoms with van der Waals surface area (Å²) in [7, 11) is 0. The van der Waals surface area contributed by atoms with Crippen LogP contribution in [-0.2, 0) is 0 Å². The molecule has 0 aliphatic carbocycles. The third-order valence-corrected chi connectivity index (χ3v) is 11.7. The summed E-state index contributed by atoms with van der Waals surface area (Å²) in [6.45, 7) is 6.37. The second kappa shape index (κ2) is 13.5. The Morgan fingerprint density at radius 1 is 0.448 bits per heavy atom. The largest absolute Gasteiger partial charge is 0.456 e. The van der Waals surface area contributed by atoms with Gasteiger partial charge in [0.1, 0.15) is 11.2 Å². The summed E-state index contributed by atoms with van der Waals surface area (Å²) >= 11 is 0. The topological polar surface area (TPSA) is 23.0 Å². The van der Waals surface area contributed by atoms with E-state index in [4.69, 9.17) is 4.42 Å². The second-order valence-corrected chi connectivity index (χ2v) is 15.0. The molecular weight excluding hydrogens is 705 g/mol. The molecule has 8 aromatic carbocycles. The van der Waals surface area contributed by atoms with Gasteiger partial charge in [-0.05, 0) is 113 Å². The average Bonchev–Trinajstić information content (AvgIpc) is 3.94. The zero-order valence-electron chi connectivity index (χ0n) is 32.1. The minimum Gasteiger partial charge on any atom is -0.456 e. The van der Waals surface area contributed by atoms with Gasteiger partial charge in [0.2, 0.25) is 0 Å². The lowest BCUT2D eigenvalue weighted by Gasteiger charge is -2.10. The molecular formula is C55H38N2O. The quantitative estimate of drug-likeness (QED) is 0.149. The molecule has 0 radical (unpaired) electrons. The van der Waals surface area contributed by atoms with Crippen LogP contribution in [0.2, 0.25) is 0 Å². The molecule has 0 aliphatic heterocycles. The lowest BCUT2D eigenvalue weighted by Crippen LogP contribution is -1.94. The van der Waals surface area contributed by atoms with E-state index in [1.165, 1.54) is 65.9 Å². The Labute approximate surface area is 336 Å². The van der Waals surface area contributed by atoms with Crippen molar-refractivity contribution in [1.29, 1.82) is 0 Å². The van der Waals surface area contributed by atoms with Gasteiger partial charge < -0.3 is 13.6 Å². The normalized spacial score (nSPS) is 12.5. The van der Waals surface area contributed by atoms with Crippen molar-refractivity contribution < 1.29 is 4.42 Å². The lowest BCUT2D eigenvalue weighted by atomic mass is 10.0. The number of nitrogens with zero attached hydrogens (tertiary/aromatic N) is 2. The lowest BCUT2D eigenvalue weighted by molar-refractivity contribution is 0.669. The molecule has 58 heavy (non-hydrogen) atoms. The average molecular weight is 743 g/mol. The van der Waals surface area contributed by atoms with Gasteiger partial charge in [0, 0.05) is 43.7 Å². The number of aromatic nitrogens is 2. The number of hydrogen-bond acceptors (Lipinski definition) is 1. The molecule has 11 aromatic rings. The molecule has 3 nitrogen and oxygen atoms in total. The summed E-state index contributed by atoms with van der Waals surface area (Å²) in [4.78, 5) is 0. The highest BCUT2D eigenvalue weighted by molar-refractivity contribution is 6.13. The Bertz CT molecular complexity index is 3460. The van der Waals surface area contributed by atoms with Crippen LogP contribution in [0.1, 0.15) is 12.5 Å². The van der Waals surface area contributed by atoms with Crippen LogP contribution in [0.15, 0.2) is 211 Å². The Hall–Kier alpha value is -7.62. The van der Waals surface area contributed by atoms with Crippen molar-refractivity contribution in [2.45, 2.75) is 6.92 Å². The predicted molar refractivity (Wildman–Crippen MR) is 246 cm³/mol. The molecule has 0 N–H and O–H groups in total. The number of rotatable bonds is 7. The summed E-state index contributed by atoms with van der Waals surface area (Å²) in [5.74, 6) is 0. The molecule has 0 aliphatic rings. The molecule has 0 unspecified atom stereocenters. The van der Waals surface area contributed by atoms with Crippen LogP contribution in [0.25, 0.3) is 105 Å². The van der Waals surface area contributed by atoms with Crippen molar-refractivity contribution in [3.63, 3.8) is 0 Å². The first-order valence-corrected chi connectivity index (χ1v) is 19.8. The van der Waals surface area contributed by atoms with E-state index in [0.717, 1.165) is 44.5 Å². The van der Waals surface area contributed by atoms with Gasteiger partial charge in [0.25, 0.3) is 0 Å². The molecule has 3 aromatic heterocycles. The van der Waals surface area contributed by atoms with Crippen molar-refractivity contribution in [2.24, 2.45) is 0 Å². The fraction of sp³-hybridized carbons (Fsp3) is 0.0182. The van der Waals surface area contributed by atoms with Gasteiger partial charge in [-0.3, -0.25) is 0 Å². The zero-order valence-corrected chi connectivity index (χ0v) is 32.1. The van der Waals surface area contributed by atoms with Crippen molar-refractivity contribution in [2.75, 3.05) is 0 Å². The van der Waals surface area contributed by atoms with Crippen molar-refractivity contribution in [1.82, 2.24) is 9.13 Å². The van der Waals surface area contributed by atoms with Gasteiger partial charge in [-0.1, -0.05) is 134 Å². The van der Waals surface area contributed by atoms with Crippen molar-refractivity contribution in [3.8, 4) is 27.9 Å². The van der Waals surface area contributed by atoms with E-state index < -0.39 is 0 Å². The Morgan fingerprint density at radius 2 is 1.00 bits per heavy atom. The van der Waals surface area contributed by atoms with Gasteiger partial charge in [-0.25, -0.2) is 0 Å². The first kappa shape index (κ1) is 33.7. The number of furan rings is 1. The highest BCUT2D eigenvalue weighted by Crippen LogP contribution is 2.39. The highest BCUT2D eigenvalue weighted by atomic mass is 16.3. The SMILES string of the molecule is C=C/C(=C\C=C(/C)n1c2ccccc2c2cc(-c3ccc4c(c3)c3ccccc3n4-c3ccc(-c4ccccc4)cc3)ccc21)c1ccc2oc3ccccc3c2c1. The minimum atomic E-state index is 0.890. The number of benzene rings is 8. The molecule has 0 bridgehead atoms. The standard InChI is InChI=1S/C55H38N2O/c1-3-37(40-27-32-55-49(35-40)46-17-9-12-20-54(46)58-55)22-21-36(2)56-50-18-10-7-15-44(50)47-33-41(25-30-52(47)56)42-26-31-53-48(34-42)45-16-8-11-19-51(45)57(53)43-28-23-39(24-29-43)38-13-5-4-6-14-38/h3-35H,1H2,2H3/b36-21+,37-22+. The molecule has 0 saturated carbocycles. The molecule has 274 valence electrons. The molecule has 3 heteroatoms. The minimum absolute atomic E-state index is 0.890. The van der Waals surface area contributed by atoms with Gasteiger partial charge >= 0.3 is 0 Å². The third-order valence-electron chi connectivity index (χ3n) is 11.7. The summed E-state index contributed by atoms with van der Waals surface area (Å²) in [6.07, 6.45) is 6.30. The van der Waals surface area contributed by atoms with E-state index in [1.54, 1.807) is 0 Å². The molecule has 11 rings (SSSR count). The van der Waals surface area contributed by atoms with Crippen LogP contribution in [0.3, 0.4) is 0 Å². The molecule has 0 amide bonds. The summed E-state index contributed by atoms with van der Waals surface area (Å²) in [5, 5.41) is 7.18. The predicted octanol–water partition coefficient (Wildman–Crippen LogP) is 15.3. The van der Waals surface area contributed by atoms with Gasteiger partial charge in [0.05, 0.1) is 22.1 Å². The van der Waals surface area contributed by atoms with E-state index >= 15 is 0 Å². The third kappa shape index (κ3) is 5.43. The second-order valence-electron chi connectivity index (χ2n) is 15.0.